The molecule has 0 fully saturated rings. The van der Waals surface area contributed by atoms with Crippen LogP contribution in [0.25, 0.3) is 17.5 Å². The highest BCUT2D eigenvalue weighted by molar-refractivity contribution is 5.51. The molecule has 0 radical (unpaired) electrons. The summed E-state index contributed by atoms with van der Waals surface area (Å²) in [7, 11) is 0. The van der Waals surface area contributed by atoms with Gasteiger partial charge in [0, 0.05) is 18.8 Å². The third-order valence-electron chi connectivity index (χ3n) is 3.00. The van der Waals surface area contributed by atoms with Gasteiger partial charge in [-0.05, 0) is 11.6 Å². The molecule has 0 aliphatic carbocycles. The third kappa shape index (κ3) is 3.14. The smallest absolute Gasteiger partial charge is 0.250 e. The first kappa shape index (κ1) is 13.1. The molecule has 3 rings (SSSR count). The Morgan fingerprint density at radius 2 is 2.00 bits per heavy atom. The van der Waals surface area contributed by atoms with E-state index in [1.54, 1.807) is 16.8 Å². The number of rotatable bonds is 4. The van der Waals surface area contributed by atoms with E-state index in [-0.39, 0.29) is 5.56 Å². The second kappa shape index (κ2) is 6.00. The summed E-state index contributed by atoms with van der Waals surface area (Å²) in [5, 5.41) is 7.47. The van der Waals surface area contributed by atoms with E-state index in [1.807, 2.05) is 42.5 Å². The topological polar surface area (TPSA) is 60.9 Å². The van der Waals surface area contributed by atoms with E-state index in [2.05, 4.69) is 10.2 Å². The lowest BCUT2D eigenvalue weighted by Gasteiger charge is -2.03. The summed E-state index contributed by atoms with van der Waals surface area (Å²) in [6, 6.07) is 13.1. The molecule has 0 bridgehead atoms. The van der Waals surface area contributed by atoms with Gasteiger partial charge in [-0.1, -0.05) is 42.5 Å². The van der Waals surface area contributed by atoms with Crippen molar-refractivity contribution in [3.63, 3.8) is 0 Å². The van der Waals surface area contributed by atoms with Crippen LogP contribution >= 0.6 is 0 Å². The molecule has 3 aromatic rings. The first-order chi connectivity index (χ1) is 10.3. The van der Waals surface area contributed by atoms with E-state index in [9.17, 15) is 4.79 Å². The lowest BCUT2D eigenvalue weighted by atomic mass is 10.2. The van der Waals surface area contributed by atoms with Crippen molar-refractivity contribution in [2.24, 2.45) is 0 Å². The van der Waals surface area contributed by atoms with Crippen molar-refractivity contribution >= 4 is 6.08 Å². The van der Waals surface area contributed by atoms with E-state index in [0.29, 0.717) is 12.4 Å². The van der Waals surface area contributed by atoms with Gasteiger partial charge in [0.25, 0.3) is 5.56 Å². The molecule has 0 unspecified atom stereocenters. The first-order valence-corrected chi connectivity index (χ1v) is 6.51. The SMILES string of the molecule is O=c1ccc(-c2nnco2)cn1C/C=C\c1ccccc1. The maximum absolute atomic E-state index is 11.8. The number of hydrogen-bond acceptors (Lipinski definition) is 4. The fourth-order valence-electron chi connectivity index (χ4n) is 1.97. The molecule has 0 amide bonds. The van der Waals surface area contributed by atoms with Crippen molar-refractivity contribution in [2.45, 2.75) is 6.54 Å². The molecule has 0 N–H and O–H groups in total. The Bertz CT molecular complexity index is 790. The van der Waals surface area contributed by atoms with Crippen LogP contribution < -0.4 is 5.56 Å². The molecule has 104 valence electrons. The average molecular weight is 279 g/mol. The summed E-state index contributed by atoms with van der Waals surface area (Å²) >= 11 is 0. The number of aromatic nitrogens is 3. The molecule has 0 atom stereocenters. The zero-order valence-corrected chi connectivity index (χ0v) is 11.2. The average Bonchev–Trinajstić information content (AvgIpc) is 3.04. The highest BCUT2D eigenvalue weighted by Crippen LogP contribution is 2.13. The molecule has 0 aliphatic heterocycles. The van der Waals surface area contributed by atoms with E-state index in [1.165, 1.54) is 12.5 Å². The summed E-state index contributed by atoms with van der Waals surface area (Å²) in [4.78, 5) is 11.8. The van der Waals surface area contributed by atoms with Crippen LogP contribution in [-0.2, 0) is 6.54 Å². The van der Waals surface area contributed by atoms with Crippen LogP contribution in [0.5, 0.6) is 0 Å². The second-order valence-corrected chi connectivity index (χ2v) is 4.47. The summed E-state index contributed by atoms with van der Waals surface area (Å²) in [6.07, 6.45) is 6.89. The van der Waals surface area contributed by atoms with E-state index in [0.717, 1.165) is 11.1 Å². The zero-order valence-electron chi connectivity index (χ0n) is 11.2. The van der Waals surface area contributed by atoms with Gasteiger partial charge in [-0.2, -0.15) is 0 Å². The van der Waals surface area contributed by atoms with Gasteiger partial charge in [0.2, 0.25) is 12.3 Å². The maximum atomic E-state index is 11.8. The largest absolute Gasteiger partial charge is 0.423 e. The van der Waals surface area contributed by atoms with Gasteiger partial charge >= 0.3 is 0 Å². The van der Waals surface area contributed by atoms with Crippen molar-refractivity contribution in [2.75, 3.05) is 0 Å². The molecule has 2 heterocycles. The lowest BCUT2D eigenvalue weighted by molar-refractivity contribution is 0.567. The standard InChI is InChI=1S/C16H13N3O2/c20-15-9-8-14(16-18-17-12-21-16)11-19(15)10-4-7-13-5-2-1-3-6-13/h1-9,11-12H,10H2/b7-4-. The van der Waals surface area contributed by atoms with Crippen LogP contribution in [0.1, 0.15) is 5.56 Å². The van der Waals surface area contributed by atoms with Gasteiger partial charge in [-0.25, -0.2) is 0 Å². The van der Waals surface area contributed by atoms with Gasteiger partial charge in [0.1, 0.15) is 0 Å². The number of hydrogen-bond donors (Lipinski definition) is 0. The minimum atomic E-state index is -0.0732. The number of benzene rings is 1. The lowest BCUT2D eigenvalue weighted by Crippen LogP contribution is -2.17. The Morgan fingerprint density at radius 3 is 2.76 bits per heavy atom. The Labute approximate surface area is 121 Å². The highest BCUT2D eigenvalue weighted by atomic mass is 16.4. The molecule has 0 aliphatic rings. The Balaban J connectivity index is 1.81. The minimum absolute atomic E-state index is 0.0732. The van der Waals surface area contributed by atoms with Crippen LogP contribution in [0.15, 0.2) is 70.3 Å². The quantitative estimate of drug-likeness (QED) is 0.736. The first-order valence-electron chi connectivity index (χ1n) is 6.51. The minimum Gasteiger partial charge on any atom is -0.423 e. The molecule has 1 aromatic carbocycles. The predicted molar refractivity (Wildman–Crippen MR) is 79.5 cm³/mol. The molecule has 0 saturated carbocycles. The van der Waals surface area contributed by atoms with Crippen LogP contribution in [0.3, 0.4) is 0 Å². The Morgan fingerprint density at radius 1 is 1.14 bits per heavy atom. The van der Waals surface area contributed by atoms with Gasteiger partial charge in [0.05, 0.1) is 5.56 Å². The monoisotopic (exact) mass is 279 g/mol. The summed E-state index contributed by atoms with van der Waals surface area (Å²) in [5.74, 6) is 0.399. The molecular weight excluding hydrogens is 266 g/mol. The summed E-state index contributed by atoms with van der Waals surface area (Å²) < 4.78 is 6.73. The van der Waals surface area contributed by atoms with Gasteiger partial charge in [-0.15, -0.1) is 10.2 Å². The van der Waals surface area contributed by atoms with Crippen LogP contribution in [0.4, 0.5) is 0 Å². The normalized spacial score (nSPS) is 11.0. The van der Waals surface area contributed by atoms with Crippen LogP contribution in [-0.4, -0.2) is 14.8 Å². The molecular formula is C16H13N3O2. The van der Waals surface area contributed by atoms with E-state index >= 15 is 0 Å². The molecule has 0 saturated heterocycles. The number of allylic oxidation sites excluding steroid dienone is 1. The van der Waals surface area contributed by atoms with Crippen molar-refractivity contribution in [3.8, 4) is 11.5 Å². The number of pyridine rings is 1. The van der Waals surface area contributed by atoms with Crippen molar-refractivity contribution in [1.29, 1.82) is 0 Å². The fraction of sp³-hybridized carbons (Fsp3) is 0.0625. The Hall–Kier alpha value is -2.95. The highest BCUT2D eigenvalue weighted by Gasteiger charge is 2.04. The van der Waals surface area contributed by atoms with Crippen LogP contribution in [0, 0.1) is 0 Å². The number of nitrogens with zero attached hydrogens (tertiary/aromatic N) is 3. The van der Waals surface area contributed by atoms with Gasteiger partial charge in [-0.3, -0.25) is 4.79 Å². The molecule has 5 heteroatoms. The summed E-state index contributed by atoms with van der Waals surface area (Å²) in [5.41, 5.74) is 1.75. The molecule has 2 aromatic heterocycles. The zero-order chi connectivity index (χ0) is 14.5. The summed E-state index contributed by atoms with van der Waals surface area (Å²) in [6.45, 7) is 0.482. The molecule has 0 spiro atoms. The second-order valence-electron chi connectivity index (χ2n) is 4.47. The van der Waals surface area contributed by atoms with Crippen molar-refractivity contribution in [3.05, 3.63) is 77.0 Å². The maximum Gasteiger partial charge on any atom is 0.250 e. The third-order valence-corrected chi connectivity index (χ3v) is 3.00. The van der Waals surface area contributed by atoms with Gasteiger partial charge < -0.3 is 8.98 Å². The van der Waals surface area contributed by atoms with Crippen molar-refractivity contribution in [1.82, 2.24) is 14.8 Å². The molecule has 5 nitrogen and oxygen atoms in total. The Kier molecular flexibility index (Phi) is 3.73. The van der Waals surface area contributed by atoms with Crippen LogP contribution in [0.2, 0.25) is 0 Å². The predicted octanol–water partition coefficient (Wildman–Crippen LogP) is 2.61. The van der Waals surface area contributed by atoms with E-state index < -0.39 is 0 Å². The van der Waals surface area contributed by atoms with E-state index in [4.69, 9.17) is 4.42 Å². The fourth-order valence-corrected chi connectivity index (χ4v) is 1.97. The molecule has 21 heavy (non-hydrogen) atoms. The van der Waals surface area contributed by atoms with Gasteiger partial charge in [0.15, 0.2) is 0 Å². The van der Waals surface area contributed by atoms with Crippen molar-refractivity contribution < 1.29 is 4.42 Å².